The van der Waals surface area contributed by atoms with Gasteiger partial charge in [-0.1, -0.05) is 6.92 Å². The Kier molecular flexibility index (Phi) is 13.6. The average molecular weight is 489 g/mol. The Balaban J connectivity index is 2.35. The van der Waals surface area contributed by atoms with Gasteiger partial charge in [0.05, 0.1) is 18.8 Å². The van der Waals surface area contributed by atoms with Gasteiger partial charge in [-0.25, -0.2) is 10.0 Å². The molecule has 1 saturated heterocycles. The van der Waals surface area contributed by atoms with Crippen molar-refractivity contribution in [3.63, 3.8) is 0 Å². The number of carbonyl (C=O) groups excluding carboxylic acids is 4. The summed E-state index contributed by atoms with van der Waals surface area (Å²) >= 11 is 0. The molecule has 0 spiro atoms. The van der Waals surface area contributed by atoms with E-state index in [9.17, 15) is 29.4 Å². The van der Waals surface area contributed by atoms with Crippen molar-refractivity contribution >= 4 is 23.8 Å². The number of nitrogens with zero attached hydrogens (tertiary/aromatic N) is 2. The van der Waals surface area contributed by atoms with Crippen LogP contribution in [0.4, 0.5) is 0 Å². The molecule has 0 saturated carbocycles. The lowest BCUT2D eigenvalue weighted by molar-refractivity contribution is -0.147. The van der Waals surface area contributed by atoms with E-state index in [1.54, 1.807) is 30.9 Å². The number of hydrogen-bond acceptors (Lipinski definition) is 10. The molecule has 4 unspecified atom stereocenters. The zero-order valence-corrected chi connectivity index (χ0v) is 20.6. The molecule has 1 fully saturated rings. The first-order valence-electron chi connectivity index (χ1n) is 11.8. The third-order valence-corrected chi connectivity index (χ3v) is 5.12. The van der Waals surface area contributed by atoms with Crippen molar-refractivity contribution in [3.8, 4) is 0 Å². The Morgan fingerprint density at radius 1 is 0.912 bits per heavy atom. The van der Waals surface area contributed by atoms with Crippen molar-refractivity contribution < 1.29 is 38.9 Å². The van der Waals surface area contributed by atoms with Gasteiger partial charge in [0.2, 0.25) is 11.8 Å². The number of carbonyl (C=O) groups is 4. The summed E-state index contributed by atoms with van der Waals surface area (Å²) in [4.78, 5) is 48.2. The molecule has 0 aromatic heterocycles. The number of aliphatic hydroxyl groups excluding tert-OH is 2. The van der Waals surface area contributed by atoms with Crippen molar-refractivity contribution in [2.24, 2.45) is 0 Å². The van der Waals surface area contributed by atoms with Crippen molar-refractivity contribution in [1.82, 2.24) is 20.7 Å². The Morgan fingerprint density at radius 3 is 1.76 bits per heavy atom. The lowest BCUT2D eigenvalue weighted by Gasteiger charge is -2.33. The van der Waals surface area contributed by atoms with Crippen molar-refractivity contribution in [3.05, 3.63) is 0 Å². The predicted octanol–water partition coefficient (Wildman–Crippen LogP) is -1.06. The highest BCUT2D eigenvalue weighted by Gasteiger charge is 2.34. The van der Waals surface area contributed by atoms with Gasteiger partial charge in [0.25, 0.3) is 0 Å². The molecule has 1 aliphatic rings. The molecule has 12 heteroatoms. The number of esters is 2. The van der Waals surface area contributed by atoms with Crippen molar-refractivity contribution in [2.75, 3.05) is 39.9 Å². The van der Waals surface area contributed by atoms with Crippen LogP contribution in [0.5, 0.6) is 0 Å². The number of hydrazine groups is 1. The van der Waals surface area contributed by atoms with E-state index < -0.39 is 48.0 Å². The van der Waals surface area contributed by atoms with Gasteiger partial charge >= 0.3 is 11.9 Å². The fourth-order valence-corrected chi connectivity index (χ4v) is 3.36. The second kappa shape index (κ2) is 15.6. The zero-order valence-electron chi connectivity index (χ0n) is 20.6. The molecule has 196 valence electrons. The van der Waals surface area contributed by atoms with Crippen LogP contribution in [0.3, 0.4) is 0 Å². The molecule has 0 aromatic rings. The lowest BCUT2D eigenvalue weighted by atomic mass is 10.0. The first-order chi connectivity index (χ1) is 16.0. The SMILES string of the molecule is CCCOC(=O)CCC1NC(=O)C(CCC(=O)OCCN(C)N(CC(C)O)CC(C)O)NC1=O. The molecule has 0 radical (unpaired) electrons. The molecular formula is C22H40N4O8. The number of amides is 2. The highest BCUT2D eigenvalue weighted by atomic mass is 16.5. The normalized spacial score (nSPS) is 20.0. The number of rotatable bonds is 16. The summed E-state index contributed by atoms with van der Waals surface area (Å²) in [6, 6.07) is -1.66. The van der Waals surface area contributed by atoms with Gasteiger partial charge in [0.15, 0.2) is 0 Å². The minimum absolute atomic E-state index is 0.0235. The molecular weight excluding hydrogens is 448 g/mol. The number of likely N-dealkylation sites (N-methyl/N-ethyl adjacent to an activating group) is 1. The van der Waals surface area contributed by atoms with Gasteiger partial charge in [0.1, 0.15) is 18.7 Å². The van der Waals surface area contributed by atoms with Crippen LogP contribution in [0, 0.1) is 0 Å². The van der Waals surface area contributed by atoms with E-state index >= 15 is 0 Å². The van der Waals surface area contributed by atoms with Crippen LogP contribution < -0.4 is 10.6 Å². The number of hydrogen-bond donors (Lipinski definition) is 4. The highest BCUT2D eigenvalue weighted by Crippen LogP contribution is 2.09. The lowest BCUT2D eigenvalue weighted by Crippen LogP contribution is -2.61. The zero-order chi connectivity index (χ0) is 25.7. The molecule has 4 N–H and O–H groups in total. The van der Waals surface area contributed by atoms with Gasteiger partial charge < -0.3 is 30.3 Å². The molecule has 2 amide bonds. The smallest absolute Gasteiger partial charge is 0.305 e. The molecule has 1 heterocycles. The van der Waals surface area contributed by atoms with E-state index in [2.05, 4.69) is 10.6 Å². The third-order valence-electron chi connectivity index (χ3n) is 5.12. The summed E-state index contributed by atoms with van der Waals surface area (Å²) in [5.74, 6) is -1.74. The van der Waals surface area contributed by atoms with Crippen LogP contribution in [-0.2, 0) is 28.7 Å². The topological polar surface area (TPSA) is 158 Å². The molecule has 1 aliphatic heterocycles. The minimum Gasteiger partial charge on any atom is -0.466 e. The van der Waals surface area contributed by atoms with Gasteiger partial charge in [0, 0.05) is 39.5 Å². The third kappa shape index (κ3) is 11.7. The van der Waals surface area contributed by atoms with Crippen molar-refractivity contribution in [1.29, 1.82) is 0 Å². The molecule has 12 nitrogen and oxygen atoms in total. The Bertz CT molecular complexity index is 663. The summed E-state index contributed by atoms with van der Waals surface area (Å²) in [5.41, 5.74) is 0. The standard InChI is InChI=1S/C22H40N4O8/c1-5-11-33-19(29)8-6-17-21(31)24-18(22(32)23-17)7-9-20(30)34-12-10-25(4)26(13-15(2)27)14-16(3)28/h15-18,27-28H,5-14H2,1-4H3,(H,23,32)(H,24,31). The van der Waals surface area contributed by atoms with Crippen LogP contribution in [-0.4, -0.2) is 108 Å². The van der Waals surface area contributed by atoms with Crippen LogP contribution in [0.2, 0.25) is 0 Å². The first kappa shape index (κ1) is 29.8. The van der Waals surface area contributed by atoms with E-state index in [4.69, 9.17) is 9.47 Å². The molecule has 0 bridgehead atoms. The summed E-state index contributed by atoms with van der Waals surface area (Å²) in [6.07, 6.45) is -0.267. The van der Waals surface area contributed by atoms with Gasteiger partial charge in [-0.3, -0.25) is 19.2 Å². The predicted molar refractivity (Wildman–Crippen MR) is 122 cm³/mol. The largest absolute Gasteiger partial charge is 0.466 e. The number of piperazine rings is 1. The maximum Gasteiger partial charge on any atom is 0.305 e. The van der Waals surface area contributed by atoms with E-state index in [-0.39, 0.29) is 32.3 Å². The van der Waals surface area contributed by atoms with Gasteiger partial charge in [-0.15, -0.1) is 0 Å². The van der Waals surface area contributed by atoms with Crippen molar-refractivity contribution in [2.45, 2.75) is 77.2 Å². The second-order valence-corrected chi connectivity index (χ2v) is 8.59. The number of nitrogens with one attached hydrogen (secondary N) is 2. The second-order valence-electron chi connectivity index (χ2n) is 8.59. The Morgan fingerprint density at radius 2 is 1.35 bits per heavy atom. The monoisotopic (exact) mass is 488 g/mol. The number of aliphatic hydroxyl groups is 2. The Labute approximate surface area is 200 Å². The first-order valence-corrected chi connectivity index (χ1v) is 11.8. The average Bonchev–Trinajstić information content (AvgIpc) is 2.75. The van der Waals surface area contributed by atoms with E-state index in [0.717, 1.165) is 0 Å². The summed E-state index contributed by atoms with van der Waals surface area (Å²) in [5, 5.41) is 27.9. The highest BCUT2D eigenvalue weighted by molar-refractivity contribution is 5.97. The number of ether oxygens (including phenoxy) is 2. The van der Waals surface area contributed by atoms with E-state index in [1.807, 2.05) is 6.92 Å². The molecule has 0 aromatic carbocycles. The maximum atomic E-state index is 12.3. The van der Waals surface area contributed by atoms with Gasteiger partial charge in [-0.2, -0.15) is 0 Å². The fourth-order valence-electron chi connectivity index (χ4n) is 3.36. The molecule has 4 atom stereocenters. The summed E-state index contributed by atoms with van der Waals surface area (Å²) < 4.78 is 10.2. The van der Waals surface area contributed by atoms with Crippen LogP contribution in [0.1, 0.15) is 52.9 Å². The Hall–Kier alpha value is -2.28. The molecule has 34 heavy (non-hydrogen) atoms. The van der Waals surface area contributed by atoms with Crippen LogP contribution >= 0.6 is 0 Å². The minimum atomic E-state index is -0.849. The molecule has 1 rings (SSSR count). The quantitative estimate of drug-likeness (QED) is 0.156. The van der Waals surface area contributed by atoms with E-state index in [0.29, 0.717) is 32.7 Å². The fraction of sp³-hybridized carbons (Fsp3) is 0.818. The molecule has 0 aliphatic carbocycles. The summed E-state index contributed by atoms with van der Waals surface area (Å²) in [7, 11) is 1.76. The van der Waals surface area contributed by atoms with Crippen LogP contribution in [0.25, 0.3) is 0 Å². The van der Waals surface area contributed by atoms with E-state index in [1.165, 1.54) is 0 Å². The van der Waals surface area contributed by atoms with Gasteiger partial charge in [-0.05, 0) is 33.1 Å². The van der Waals surface area contributed by atoms with Crippen LogP contribution in [0.15, 0.2) is 0 Å². The summed E-state index contributed by atoms with van der Waals surface area (Å²) in [6.45, 7) is 6.58. The maximum absolute atomic E-state index is 12.3.